The van der Waals surface area contributed by atoms with Crippen molar-refractivity contribution in [1.82, 2.24) is 4.57 Å². The van der Waals surface area contributed by atoms with E-state index in [1.165, 1.54) is 0 Å². The molecule has 0 fully saturated rings. The summed E-state index contributed by atoms with van der Waals surface area (Å²) in [5.74, 6) is -0.216. The minimum atomic E-state index is -0.216. The van der Waals surface area contributed by atoms with Crippen LogP contribution in [0.1, 0.15) is 10.5 Å². The molecule has 2 rings (SSSR count). The maximum atomic E-state index is 11.9. The molecule has 1 aromatic carbocycles. The van der Waals surface area contributed by atoms with Gasteiger partial charge >= 0.3 is 0 Å². The van der Waals surface area contributed by atoms with E-state index in [1.54, 1.807) is 48.1 Å². The van der Waals surface area contributed by atoms with Gasteiger partial charge in [0.1, 0.15) is 5.69 Å². The Morgan fingerprint density at radius 1 is 1.41 bits per heavy atom. The highest BCUT2D eigenvalue weighted by Gasteiger charge is 2.10. The van der Waals surface area contributed by atoms with Gasteiger partial charge in [0.25, 0.3) is 5.91 Å². The molecule has 0 saturated heterocycles. The van der Waals surface area contributed by atoms with E-state index in [9.17, 15) is 4.79 Å². The van der Waals surface area contributed by atoms with Crippen LogP contribution in [0.2, 0.25) is 5.02 Å². The molecule has 3 N–H and O–H groups in total. The van der Waals surface area contributed by atoms with Gasteiger partial charge in [0.2, 0.25) is 0 Å². The van der Waals surface area contributed by atoms with Crippen molar-refractivity contribution in [2.24, 2.45) is 7.05 Å². The molecule has 1 aromatic heterocycles. The summed E-state index contributed by atoms with van der Waals surface area (Å²) in [7, 11) is 1.77. The summed E-state index contributed by atoms with van der Waals surface area (Å²) >= 11 is 5.83. The van der Waals surface area contributed by atoms with Gasteiger partial charge in [-0.25, -0.2) is 0 Å². The average Bonchev–Trinajstić information content (AvgIpc) is 2.58. The number of nitrogen functional groups attached to an aromatic ring is 1. The van der Waals surface area contributed by atoms with Crippen LogP contribution in [0.15, 0.2) is 36.5 Å². The molecule has 2 aromatic rings. The SMILES string of the molecule is Cn1cc(N)cc1C(=O)Nc1cccc(Cl)c1. The van der Waals surface area contributed by atoms with E-state index in [4.69, 9.17) is 17.3 Å². The molecule has 0 unspecified atom stereocenters. The third-order valence-electron chi connectivity index (χ3n) is 2.34. The third kappa shape index (κ3) is 2.60. The zero-order valence-electron chi connectivity index (χ0n) is 9.27. The average molecular weight is 250 g/mol. The van der Waals surface area contributed by atoms with Crippen LogP contribution < -0.4 is 11.1 Å². The Hall–Kier alpha value is -1.94. The molecule has 4 nitrogen and oxygen atoms in total. The molecule has 0 atom stereocenters. The lowest BCUT2D eigenvalue weighted by molar-refractivity contribution is 0.101. The number of nitrogens with two attached hydrogens (primary N) is 1. The van der Waals surface area contributed by atoms with E-state index in [2.05, 4.69) is 5.32 Å². The fourth-order valence-corrected chi connectivity index (χ4v) is 1.77. The summed E-state index contributed by atoms with van der Waals surface area (Å²) in [4.78, 5) is 11.9. The number of carbonyl (C=O) groups excluding carboxylic acids is 1. The highest BCUT2D eigenvalue weighted by atomic mass is 35.5. The van der Waals surface area contributed by atoms with E-state index < -0.39 is 0 Å². The van der Waals surface area contributed by atoms with Crippen LogP contribution in [0.5, 0.6) is 0 Å². The van der Waals surface area contributed by atoms with Gasteiger partial charge in [-0.15, -0.1) is 0 Å². The summed E-state index contributed by atoms with van der Waals surface area (Å²) < 4.78 is 1.68. The minimum absolute atomic E-state index is 0.216. The van der Waals surface area contributed by atoms with Crippen LogP contribution in [-0.2, 0) is 7.05 Å². The fraction of sp³-hybridized carbons (Fsp3) is 0.0833. The largest absolute Gasteiger partial charge is 0.397 e. The molecule has 17 heavy (non-hydrogen) atoms. The van der Waals surface area contributed by atoms with Gasteiger partial charge in [-0.05, 0) is 24.3 Å². The number of amides is 1. The van der Waals surface area contributed by atoms with Crippen molar-refractivity contribution in [2.75, 3.05) is 11.1 Å². The van der Waals surface area contributed by atoms with Crippen molar-refractivity contribution in [1.29, 1.82) is 0 Å². The summed E-state index contributed by atoms with van der Waals surface area (Å²) in [5, 5.41) is 3.33. The molecule has 0 aliphatic carbocycles. The predicted octanol–water partition coefficient (Wildman–Crippen LogP) is 2.51. The minimum Gasteiger partial charge on any atom is -0.397 e. The Morgan fingerprint density at radius 2 is 2.18 bits per heavy atom. The number of benzene rings is 1. The standard InChI is InChI=1S/C12H12ClN3O/c1-16-7-9(14)6-11(16)12(17)15-10-4-2-3-8(13)5-10/h2-7H,14H2,1H3,(H,15,17). The molecule has 0 saturated carbocycles. The van der Waals surface area contributed by atoms with Gasteiger partial charge in [0.05, 0.1) is 5.69 Å². The third-order valence-corrected chi connectivity index (χ3v) is 2.58. The van der Waals surface area contributed by atoms with Gasteiger partial charge in [-0.1, -0.05) is 17.7 Å². The Labute approximate surface area is 104 Å². The Kier molecular flexibility index (Phi) is 3.06. The first kappa shape index (κ1) is 11.5. The molecular formula is C12H12ClN3O. The first-order valence-electron chi connectivity index (χ1n) is 5.05. The summed E-state index contributed by atoms with van der Waals surface area (Å²) in [6, 6.07) is 8.61. The van der Waals surface area contributed by atoms with Gasteiger partial charge in [0, 0.05) is 24.0 Å². The van der Waals surface area contributed by atoms with Crippen molar-refractivity contribution in [3.8, 4) is 0 Å². The smallest absolute Gasteiger partial charge is 0.272 e. The van der Waals surface area contributed by atoms with Gasteiger partial charge in [0.15, 0.2) is 0 Å². The van der Waals surface area contributed by atoms with Gasteiger partial charge in [-0.3, -0.25) is 4.79 Å². The van der Waals surface area contributed by atoms with Crippen molar-refractivity contribution < 1.29 is 4.79 Å². The van der Waals surface area contributed by atoms with E-state index in [1.807, 2.05) is 0 Å². The number of hydrogen-bond acceptors (Lipinski definition) is 2. The Bertz CT molecular complexity index is 563. The molecular weight excluding hydrogens is 238 g/mol. The predicted molar refractivity (Wildman–Crippen MR) is 69.2 cm³/mol. The lowest BCUT2D eigenvalue weighted by Gasteiger charge is -2.05. The summed E-state index contributed by atoms with van der Waals surface area (Å²) in [6.45, 7) is 0. The van der Waals surface area contributed by atoms with Crippen LogP contribution in [0.25, 0.3) is 0 Å². The maximum absolute atomic E-state index is 11.9. The lowest BCUT2D eigenvalue weighted by atomic mass is 10.3. The van der Waals surface area contributed by atoms with E-state index in [-0.39, 0.29) is 5.91 Å². The molecule has 0 bridgehead atoms. The molecule has 0 spiro atoms. The quantitative estimate of drug-likeness (QED) is 0.859. The first-order chi connectivity index (χ1) is 8.06. The zero-order valence-corrected chi connectivity index (χ0v) is 10.0. The molecule has 0 aliphatic rings. The first-order valence-corrected chi connectivity index (χ1v) is 5.43. The molecule has 0 aliphatic heterocycles. The Morgan fingerprint density at radius 3 is 2.76 bits per heavy atom. The highest BCUT2D eigenvalue weighted by Crippen LogP contribution is 2.16. The van der Waals surface area contributed by atoms with Crippen LogP contribution in [0, 0.1) is 0 Å². The maximum Gasteiger partial charge on any atom is 0.272 e. The van der Waals surface area contributed by atoms with Gasteiger partial charge < -0.3 is 15.6 Å². The molecule has 1 amide bonds. The number of anilines is 2. The van der Waals surface area contributed by atoms with E-state index in [0.29, 0.717) is 22.1 Å². The van der Waals surface area contributed by atoms with Crippen molar-refractivity contribution in [2.45, 2.75) is 0 Å². The van der Waals surface area contributed by atoms with Crippen LogP contribution in [0.3, 0.4) is 0 Å². The normalized spacial score (nSPS) is 10.2. The Balaban J connectivity index is 2.20. The lowest BCUT2D eigenvalue weighted by Crippen LogP contribution is -2.15. The number of nitrogens with one attached hydrogen (secondary N) is 1. The number of aromatic nitrogens is 1. The van der Waals surface area contributed by atoms with E-state index in [0.717, 1.165) is 0 Å². The van der Waals surface area contributed by atoms with E-state index >= 15 is 0 Å². The second-order valence-corrected chi connectivity index (χ2v) is 4.17. The second-order valence-electron chi connectivity index (χ2n) is 3.73. The number of rotatable bonds is 2. The van der Waals surface area contributed by atoms with Crippen LogP contribution in [0.4, 0.5) is 11.4 Å². The fourth-order valence-electron chi connectivity index (χ4n) is 1.58. The molecule has 0 radical (unpaired) electrons. The number of carbonyl (C=O) groups is 1. The van der Waals surface area contributed by atoms with Crippen molar-refractivity contribution in [3.05, 3.63) is 47.2 Å². The number of hydrogen-bond donors (Lipinski definition) is 2. The van der Waals surface area contributed by atoms with Crippen LogP contribution >= 0.6 is 11.6 Å². The number of nitrogens with zero attached hydrogens (tertiary/aromatic N) is 1. The second kappa shape index (κ2) is 4.51. The summed E-state index contributed by atoms with van der Waals surface area (Å²) in [6.07, 6.45) is 1.69. The summed E-state index contributed by atoms with van der Waals surface area (Å²) in [5.41, 5.74) is 7.33. The van der Waals surface area contributed by atoms with Crippen LogP contribution in [-0.4, -0.2) is 10.5 Å². The number of halogens is 1. The van der Waals surface area contributed by atoms with Crippen molar-refractivity contribution in [3.63, 3.8) is 0 Å². The monoisotopic (exact) mass is 249 g/mol. The topological polar surface area (TPSA) is 60.0 Å². The molecule has 5 heteroatoms. The van der Waals surface area contributed by atoms with Crippen molar-refractivity contribution >= 4 is 28.9 Å². The number of aryl methyl sites for hydroxylation is 1. The van der Waals surface area contributed by atoms with Gasteiger partial charge in [-0.2, -0.15) is 0 Å². The zero-order chi connectivity index (χ0) is 12.4. The highest BCUT2D eigenvalue weighted by molar-refractivity contribution is 6.30. The molecule has 88 valence electrons. The molecule has 1 heterocycles.